The summed E-state index contributed by atoms with van der Waals surface area (Å²) in [6, 6.07) is 4.94. The van der Waals surface area contributed by atoms with Crippen molar-refractivity contribution in [3.8, 4) is 0 Å². The Hall–Kier alpha value is -1.53. The summed E-state index contributed by atoms with van der Waals surface area (Å²) in [5.74, 6) is 0. The van der Waals surface area contributed by atoms with Gasteiger partial charge in [-0.05, 0) is 30.7 Å². The van der Waals surface area contributed by atoms with Crippen LogP contribution in [0.1, 0.15) is 16.7 Å². The van der Waals surface area contributed by atoms with Gasteiger partial charge in [-0.15, -0.1) is 0 Å². The minimum absolute atomic E-state index is 0.321. The molecule has 0 fully saturated rings. The van der Waals surface area contributed by atoms with E-state index in [0.717, 1.165) is 17.7 Å². The third-order valence-electron chi connectivity index (χ3n) is 2.87. The number of benzene rings is 1. The van der Waals surface area contributed by atoms with Crippen molar-refractivity contribution in [1.29, 1.82) is 0 Å². The number of hydrogen-bond acceptors (Lipinski definition) is 2. The monoisotopic (exact) mass is 303 g/mol. The summed E-state index contributed by atoms with van der Waals surface area (Å²) in [5, 5.41) is 4.58. The molecule has 0 unspecified atom stereocenters. The average molecular weight is 304 g/mol. The molecule has 7 heteroatoms. The van der Waals surface area contributed by atoms with Crippen LogP contribution < -0.4 is 5.73 Å². The normalized spacial score (nSPS) is 11.8. The molecular formula is C13H13ClF3N3. The fraction of sp³-hybridized carbons (Fsp3) is 0.308. The molecule has 0 saturated carbocycles. The molecule has 3 nitrogen and oxygen atoms in total. The highest BCUT2D eigenvalue weighted by atomic mass is 35.5. The first-order valence-electron chi connectivity index (χ1n) is 5.98. The molecule has 108 valence electrons. The van der Waals surface area contributed by atoms with E-state index in [2.05, 4.69) is 5.10 Å². The van der Waals surface area contributed by atoms with Gasteiger partial charge in [0.15, 0.2) is 0 Å². The van der Waals surface area contributed by atoms with E-state index >= 15 is 0 Å². The zero-order valence-corrected chi connectivity index (χ0v) is 11.2. The molecule has 1 aromatic heterocycles. The molecule has 2 N–H and O–H groups in total. The molecule has 2 aromatic rings. The van der Waals surface area contributed by atoms with Gasteiger partial charge in [-0.1, -0.05) is 23.7 Å². The van der Waals surface area contributed by atoms with E-state index in [0.29, 0.717) is 30.2 Å². The molecule has 0 radical (unpaired) electrons. The highest BCUT2D eigenvalue weighted by Gasteiger charge is 2.29. The Labute approximate surface area is 119 Å². The SMILES string of the molecule is NCCc1cnn(Cc2ccc(C(F)(F)F)cc2)c1Cl. The number of hydrogen-bond donors (Lipinski definition) is 1. The predicted molar refractivity (Wildman–Crippen MR) is 70.5 cm³/mol. The van der Waals surface area contributed by atoms with E-state index in [9.17, 15) is 13.2 Å². The van der Waals surface area contributed by atoms with Crippen LogP contribution in [-0.2, 0) is 19.1 Å². The molecule has 0 saturated heterocycles. The van der Waals surface area contributed by atoms with Crippen LogP contribution in [-0.4, -0.2) is 16.3 Å². The molecule has 0 aliphatic carbocycles. The fourth-order valence-electron chi connectivity index (χ4n) is 1.81. The van der Waals surface area contributed by atoms with Crippen LogP contribution in [0.5, 0.6) is 0 Å². The first-order valence-corrected chi connectivity index (χ1v) is 6.36. The van der Waals surface area contributed by atoms with Crippen LogP contribution in [0.4, 0.5) is 13.2 Å². The van der Waals surface area contributed by atoms with Crippen molar-refractivity contribution >= 4 is 11.6 Å². The first kappa shape index (κ1) is 14.9. The molecular weight excluding hydrogens is 291 g/mol. The molecule has 20 heavy (non-hydrogen) atoms. The second kappa shape index (κ2) is 5.85. The Morgan fingerprint density at radius 3 is 2.40 bits per heavy atom. The quantitative estimate of drug-likeness (QED) is 0.943. The molecule has 0 spiro atoms. The minimum Gasteiger partial charge on any atom is -0.330 e. The van der Waals surface area contributed by atoms with Crippen LogP contribution in [0.15, 0.2) is 30.5 Å². The third kappa shape index (κ3) is 3.32. The average Bonchev–Trinajstić information content (AvgIpc) is 2.72. The lowest BCUT2D eigenvalue weighted by molar-refractivity contribution is -0.137. The maximum Gasteiger partial charge on any atom is 0.416 e. The summed E-state index contributed by atoms with van der Waals surface area (Å²) < 4.78 is 38.9. The van der Waals surface area contributed by atoms with Gasteiger partial charge in [0, 0.05) is 5.56 Å². The number of rotatable bonds is 4. The van der Waals surface area contributed by atoms with Crippen LogP contribution in [0.3, 0.4) is 0 Å². The standard InChI is InChI=1S/C13H13ClF3N3/c14-12-10(5-6-18)7-19-20(12)8-9-1-3-11(4-2-9)13(15,16)17/h1-4,7H,5-6,8,18H2. The Bertz CT molecular complexity index is 576. The van der Waals surface area contributed by atoms with Gasteiger partial charge < -0.3 is 5.73 Å². The number of halogens is 4. The number of aromatic nitrogens is 2. The molecule has 1 heterocycles. The molecule has 2 rings (SSSR count). The van der Waals surface area contributed by atoms with Gasteiger partial charge in [0.1, 0.15) is 5.15 Å². The predicted octanol–water partition coefficient (Wildman–Crippen LogP) is 3.10. The van der Waals surface area contributed by atoms with Crippen LogP contribution in [0.25, 0.3) is 0 Å². The summed E-state index contributed by atoms with van der Waals surface area (Å²) >= 11 is 6.12. The van der Waals surface area contributed by atoms with E-state index in [1.54, 1.807) is 6.20 Å². The fourth-order valence-corrected chi connectivity index (χ4v) is 2.06. The van der Waals surface area contributed by atoms with Crippen molar-refractivity contribution in [3.63, 3.8) is 0 Å². The Kier molecular flexibility index (Phi) is 4.35. The highest BCUT2D eigenvalue weighted by Crippen LogP contribution is 2.29. The maximum absolute atomic E-state index is 12.4. The first-order chi connectivity index (χ1) is 9.41. The largest absolute Gasteiger partial charge is 0.416 e. The highest BCUT2D eigenvalue weighted by molar-refractivity contribution is 6.30. The van der Waals surface area contributed by atoms with E-state index < -0.39 is 11.7 Å². The van der Waals surface area contributed by atoms with Gasteiger partial charge in [0.2, 0.25) is 0 Å². The van der Waals surface area contributed by atoms with E-state index in [-0.39, 0.29) is 0 Å². The number of alkyl halides is 3. The Morgan fingerprint density at radius 2 is 1.85 bits per heavy atom. The lowest BCUT2D eigenvalue weighted by atomic mass is 10.1. The molecule has 0 aliphatic heterocycles. The van der Waals surface area contributed by atoms with Gasteiger partial charge in [-0.2, -0.15) is 18.3 Å². The Morgan fingerprint density at radius 1 is 1.20 bits per heavy atom. The molecule has 1 aromatic carbocycles. The number of nitrogens with two attached hydrogens (primary N) is 1. The van der Waals surface area contributed by atoms with Gasteiger partial charge in [-0.3, -0.25) is 0 Å². The van der Waals surface area contributed by atoms with E-state index in [1.807, 2.05) is 0 Å². The second-order valence-electron chi connectivity index (χ2n) is 4.35. The smallest absolute Gasteiger partial charge is 0.330 e. The molecule has 0 atom stereocenters. The summed E-state index contributed by atoms with van der Waals surface area (Å²) in [6.07, 6.45) is -2.08. The summed E-state index contributed by atoms with van der Waals surface area (Å²) in [4.78, 5) is 0. The van der Waals surface area contributed by atoms with Crippen molar-refractivity contribution in [2.75, 3.05) is 6.54 Å². The lowest BCUT2D eigenvalue weighted by Gasteiger charge is -2.08. The third-order valence-corrected chi connectivity index (χ3v) is 3.31. The van der Waals surface area contributed by atoms with Crippen molar-refractivity contribution in [2.24, 2.45) is 5.73 Å². The van der Waals surface area contributed by atoms with Gasteiger partial charge in [0.05, 0.1) is 18.3 Å². The van der Waals surface area contributed by atoms with Crippen molar-refractivity contribution in [1.82, 2.24) is 9.78 Å². The van der Waals surface area contributed by atoms with Crippen molar-refractivity contribution < 1.29 is 13.2 Å². The van der Waals surface area contributed by atoms with Gasteiger partial charge in [0.25, 0.3) is 0 Å². The lowest BCUT2D eigenvalue weighted by Crippen LogP contribution is -2.06. The molecule has 0 bridgehead atoms. The summed E-state index contributed by atoms with van der Waals surface area (Å²) in [6.45, 7) is 0.785. The molecule has 0 amide bonds. The zero-order valence-electron chi connectivity index (χ0n) is 10.5. The second-order valence-corrected chi connectivity index (χ2v) is 4.71. The summed E-state index contributed by atoms with van der Waals surface area (Å²) in [5.41, 5.74) is 6.31. The maximum atomic E-state index is 12.4. The number of nitrogens with zero attached hydrogens (tertiary/aromatic N) is 2. The van der Waals surface area contributed by atoms with Crippen LogP contribution in [0.2, 0.25) is 5.15 Å². The summed E-state index contributed by atoms with van der Waals surface area (Å²) in [7, 11) is 0. The molecule has 0 aliphatic rings. The van der Waals surface area contributed by atoms with Gasteiger partial charge in [-0.25, -0.2) is 4.68 Å². The van der Waals surface area contributed by atoms with Crippen molar-refractivity contribution in [2.45, 2.75) is 19.1 Å². The topological polar surface area (TPSA) is 43.8 Å². The zero-order chi connectivity index (χ0) is 14.8. The van der Waals surface area contributed by atoms with Crippen LogP contribution >= 0.6 is 11.6 Å². The Balaban J connectivity index is 2.14. The minimum atomic E-state index is -4.32. The van der Waals surface area contributed by atoms with Gasteiger partial charge >= 0.3 is 6.18 Å². The van der Waals surface area contributed by atoms with E-state index in [4.69, 9.17) is 17.3 Å². The van der Waals surface area contributed by atoms with Crippen molar-refractivity contribution in [3.05, 3.63) is 52.3 Å². The van der Waals surface area contributed by atoms with E-state index in [1.165, 1.54) is 16.8 Å². The van der Waals surface area contributed by atoms with Crippen LogP contribution in [0, 0.1) is 0 Å².